The summed E-state index contributed by atoms with van der Waals surface area (Å²) < 4.78 is 4.81. The first-order valence-electron chi connectivity index (χ1n) is 4.35. The molecule has 15 heavy (non-hydrogen) atoms. The summed E-state index contributed by atoms with van der Waals surface area (Å²) in [4.78, 5) is 10.4. The number of amides is 1. The zero-order chi connectivity index (χ0) is 11.3. The second-order valence-corrected chi connectivity index (χ2v) is 3.36. The first kappa shape index (κ1) is 11.5. The van der Waals surface area contributed by atoms with Crippen molar-refractivity contribution in [3.05, 3.63) is 34.9 Å². The number of hydrogen-bond donors (Lipinski definition) is 2. The minimum atomic E-state index is -0.860. The molecule has 0 spiro atoms. The van der Waals surface area contributed by atoms with E-state index in [1.165, 1.54) is 0 Å². The van der Waals surface area contributed by atoms with Gasteiger partial charge in [0.25, 0.3) is 5.90 Å². The lowest BCUT2D eigenvalue weighted by molar-refractivity contribution is -0.113. The Labute approximate surface area is 92.5 Å². The molecule has 0 fully saturated rings. The zero-order valence-corrected chi connectivity index (χ0v) is 8.75. The second-order valence-electron chi connectivity index (χ2n) is 2.92. The molecule has 0 saturated carbocycles. The number of nitrogens with one attached hydrogen (secondary N) is 1. The number of nitrogens with two attached hydrogens (primary N) is 1. The summed E-state index contributed by atoms with van der Waals surface area (Å²) in [5.74, 6) is -1.38. The predicted molar refractivity (Wildman–Crippen MR) is 58.0 cm³/mol. The number of halogens is 1. The number of carbonyl (C=O) groups is 1. The lowest BCUT2D eigenvalue weighted by Crippen LogP contribution is -2.25. The van der Waals surface area contributed by atoms with Crippen LogP contribution in [0.5, 0.6) is 0 Å². The van der Waals surface area contributed by atoms with Gasteiger partial charge in [0.15, 0.2) is 0 Å². The van der Waals surface area contributed by atoms with Crippen LogP contribution in [0.15, 0.2) is 24.3 Å². The highest BCUT2D eigenvalue weighted by Crippen LogP contribution is 2.10. The summed E-state index contributed by atoms with van der Waals surface area (Å²) >= 11 is 5.78. The zero-order valence-electron chi connectivity index (χ0n) is 8.00. The summed E-state index contributed by atoms with van der Waals surface area (Å²) in [6.07, 6.45) is 0.580. The van der Waals surface area contributed by atoms with E-state index in [0.29, 0.717) is 11.4 Å². The Bertz CT molecular complexity index is 379. The Morgan fingerprint density at radius 3 is 2.87 bits per heavy atom. The van der Waals surface area contributed by atoms with Crippen LogP contribution in [0.2, 0.25) is 5.02 Å². The molecule has 1 aromatic carbocycles. The molecule has 0 radical (unpaired) electrons. The molecule has 0 aliphatic heterocycles. The van der Waals surface area contributed by atoms with E-state index in [1.54, 1.807) is 12.1 Å². The normalized spacial score (nSPS) is 9.67. The number of rotatable bonds is 3. The summed E-state index contributed by atoms with van der Waals surface area (Å²) in [6, 6.07) is 7.30. The molecule has 1 rings (SSSR count). The first-order chi connectivity index (χ1) is 7.09. The molecule has 0 heterocycles. The quantitative estimate of drug-likeness (QED) is 0.603. The van der Waals surface area contributed by atoms with E-state index in [-0.39, 0.29) is 6.61 Å². The molecule has 80 valence electrons. The summed E-state index contributed by atoms with van der Waals surface area (Å²) in [6.45, 7) is 0.238. The summed E-state index contributed by atoms with van der Waals surface area (Å²) in [7, 11) is 0. The van der Waals surface area contributed by atoms with Crippen LogP contribution in [-0.2, 0) is 16.0 Å². The topological polar surface area (TPSA) is 76.2 Å². The van der Waals surface area contributed by atoms with Gasteiger partial charge < -0.3 is 10.5 Å². The third-order valence-corrected chi connectivity index (χ3v) is 1.99. The minimum absolute atomic E-state index is 0.238. The number of ether oxygens (including phenoxy) is 1. The molecule has 1 aromatic rings. The Balaban J connectivity index is 2.38. The summed E-state index contributed by atoms with van der Waals surface area (Å²) in [5, 5.41) is 7.68. The number of hydrogen-bond acceptors (Lipinski definition) is 3. The Hall–Kier alpha value is -1.55. The monoisotopic (exact) mass is 226 g/mol. The van der Waals surface area contributed by atoms with Gasteiger partial charge in [-0.3, -0.25) is 10.2 Å². The summed E-state index contributed by atoms with van der Waals surface area (Å²) in [5.41, 5.74) is 5.82. The van der Waals surface area contributed by atoms with E-state index < -0.39 is 11.8 Å². The van der Waals surface area contributed by atoms with Crippen molar-refractivity contribution in [2.24, 2.45) is 5.73 Å². The molecule has 0 bridgehead atoms. The van der Waals surface area contributed by atoms with E-state index in [2.05, 4.69) is 0 Å². The Morgan fingerprint density at radius 2 is 2.27 bits per heavy atom. The van der Waals surface area contributed by atoms with Gasteiger partial charge in [-0.1, -0.05) is 23.7 Å². The maximum absolute atomic E-state index is 10.4. The van der Waals surface area contributed by atoms with Crippen molar-refractivity contribution < 1.29 is 9.53 Å². The Morgan fingerprint density at radius 1 is 1.53 bits per heavy atom. The van der Waals surface area contributed by atoms with E-state index in [0.717, 1.165) is 5.56 Å². The first-order valence-corrected chi connectivity index (χ1v) is 4.73. The van der Waals surface area contributed by atoms with Gasteiger partial charge >= 0.3 is 5.91 Å². The van der Waals surface area contributed by atoms with Crippen LogP contribution in [0, 0.1) is 5.41 Å². The molecule has 0 unspecified atom stereocenters. The SMILES string of the molecule is N=C(OCCc1cccc(Cl)c1)C(N)=O. The molecule has 1 amide bonds. The third-order valence-electron chi connectivity index (χ3n) is 1.75. The van der Waals surface area contributed by atoms with Crippen LogP contribution < -0.4 is 5.73 Å². The van der Waals surface area contributed by atoms with Gasteiger partial charge in [-0.05, 0) is 17.7 Å². The molecule has 0 aromatic heterocycles. The third kappa shape index (κ3) is 3.99. The predicted octanol–water partition coefficient (Wildman–Crippen LogP) is 1.36. The van der Waals surface area contributed by atoms with Gasteiger partial charge in [0.1, 0.15) is 0 Å². The lowest BCUT2D eigenvalue weighted by Gasteiger charge is -2.04. The smallest absolute Gasteiger partial charge is 0.303 e. The largest absolute Gasteiger partial charge is 0.474 e. The minimum Gasteiger partial charge on any atom is -0.474 e. The van der Waals surface area contributed by atoms with Crippen molar-refractivity contribution in [2.45, 2.75) is 6.42 Å². The lowest BCUT2D eigenvalue weighted by atomic mass is 10.2. The van der Waals surface area contributed by atoms with Gasteiger partial charge in [0.05, 0.1) is 6.61 Å². The molecule has 0 atom stereocenters. The van der Waals surface area contributed by atoms with E-state index >= 15 is 0 Å². The van der Waals surface area contributed by atoms with Crippen LogP contribution >= 0.6 is 11.6 Å². The van der Waals surface area contributed by atoms with Crippen LogP contribution in [-0.4, -0.2) is 18.4 Å². The van der Waals surface area contributed by atoms with Crippen molar-refractivity contribution in [1.82, 2.24) is 0 Å². The van der Waals surface area contributed by atoms with Gasteiger partial charge in [-0.25, -0.2) is 0 Å². The number of primary amides is 1. The average molecular weight is 227 g/mol. The average Bonchev–Trinajstić information content (AvgIpc) is 2.17. The van der Waals surface area contributed by atoms with Gasteiger partial charge in [0, 0.05) is 11.4 Å². The van der Waals surface area contributed by atoms with Crippen molar-refractivity contribution in [1.29, 1.82) is 5.41 Å². The molecular formula is C10H11ClN2O2. The number of benzene rings is 1. The van der Waals surface area contributed by atoms with Crippen molar-refractivity contribution in [3.8, 4) is 0 Å². The highest BCUT2D eigenvalue weighted by atomic mass is 35.5. The standard InChI is InChI=1S/C10H11ClN2O2/c11-8-3-1-2-7(6-8)4-5-15-10(13)9(12)14/h1-3,6,13H,4-5H2,(H2,12,14). The van der Waals surface area contributed by atoms with E-state index in [1.807, 2.05) is 12.1 Å². The van der Waals surface area contributed by atoms with Crippen LogP contribution in [0.4, 0.5) is 0 Å². The van der Waals surface area contributed by atoms with Crippen molar-refractivity contribution >= 4 is 23.4 Å². The molecule has 0 aliphatic carbocycles. The molecular weight excluding hydrogens is 216 g/mol. The van der Waals surface area contributed by atoms with Gasteiger partial charge in [-0.2, -0.15) is 0 Å². The fourth-order valence-electron chi connectivity index (χ4n) is 1.03. The van der Waals surface area contributed by atoms with E-state index in [4.69, 9.17) is 27.5 Å². The molecule has 0 saturated heterocycles. The van der Waals surface area contributed by atoms with Crippen molar-refractivity contribution in [2.75, 3.05) is 6.61 Å². The Kier molecular flexibility index (Phi) is 4.12. The van der Waals surface area contributed by atoms with Crippen LogP contribution in [0.1, 0.15) is 5.56 Å². The molecule has 3 N–H and O–H groups in total. The van der Waals surface area contributed by atoms with Gasteiger partial charge in [-0.15, -0.1) is 0 Å². The molecule has 0 aliphatic rings. The van der Waals surface area contributed by atoms with E-state index in [9.17, 15) is 4.79 Å². The molecule has 4 nitrogen and oxygen atoms in total. The van der Waals surface area contributed by atoms with Crippen molar-refractivity contribution in [3.63, 3.8) is 0 Å². The molecule has 5 heteroatoms. The fourth-order valence-corrected chi connectivity index (χ4v) is 1.25. The second kappa shape index (κ2) is 5.36. The number of carbonyl (C=O) groups excluding carboxylic acids is 1. The van der Waals surface area contributed by atoms with Crippen LogP contribution in [0.25, 0.3) is 0 Å². The maximum atomic E-state index is 10.4. The van der Waals surface area contributed by atoms with Crippen LogP contribution in [0.3, 0.4) is 0 Å². The maximum Gasteiger partial charge on any atom is 0.303 e. The van der Waals surface area contributed by atoms with Gasteiger partial charge in [0.2, 0.25) is 0 Å². The highest BCUT2D eigenvalue weighted by molar-refractivity contribution is 6.33. The highest BCUT2D eigenvalue weighted by Gasteiger charge is 2.04. The fraction of sp³-hybridized carbons (Fsp3) is 0.200.